The van der Waals surface area contributed by atoms with Gasteiger partial charge in [-0.05, 0) is 18.1 Å². The van der Waals surface area contributed by atoms with E-state index in [1.54, 1.807) is 0 Å². The summed E-state index contributed by atoms with van der Waals surface area (Å²) in [4.78, 5) is 0. The molecule has 14 heavy (non-hydrogen) atoms. The summed E-state index contributed by atoms with van der Waals surface area (Å²) in [7, 11) is 0. The van der Waals surface area contributed by atoms with Crippen LogP contribution in [0.5, 0.6) is 0 Å². The van der Waals surface area contributed by atoms with Crippen LogP contribution in [0.4, 0.5) is 0 Å². The molecule has 1 aromatic carbocycles. The van der Waals surface area contributed by atoms with Gasteiger partial charge in [0.2, 0.25) is 0 Å². The van der Waals surface area contributed by atoms with Crippen LogP contribution in [-0.4, -0.2) is 18.3 Å². The van der Waals surface area contributed by atoms with Crippen LogP contribution in [0.25, 0.3) is 0 Å². The zero-order valence-corrected chi connectivity index (χ0v) is 9.92. The Hall–Kier alpha value is -0.380. The third-order valence-corrected chi connectivity index (χ3v) is 2.91. The minimum Gasteiger partial charge on any atom is -0.395 e. The third-order valence-electron chi connectivity index (χ3n) is 2.19. The number of nitrogens with one attached hydrogen (secondary N) is 1. The lowest BCUT2D eigenvalue weighted by Gasteiger charge is -2.18. The molecule has 0 spiro atoms. The van der Waals surface area contributed by atoms with Crippen molar-refractivity contribution in [3.8, 4) is 0 Å². The second-order valence-corrected chi connectivity index (χ2v) is 4.01. The van der Waals surface area contributed by atoms with E-state index in [2.05, 4.69) is 34.2 Å². The predicted octanol–water partition coefficient (Wildman–Crippen LogP) is 2.48. The molecule has 0 bridgehead atoms. The molecule has 0 amide bonds. The molecule has 2 N–H and O–H groups in total. The van der Waals surface area contributed by atoms with Crippen molar-refractivity contribution in [3.63, 3.8) is 0 Å². The van der Waals surface area contributed by atoms with Gasteiger partial charge < -0.3 is 10.4 Å². The fourth-order valence-corrected chi connectivity index (χ4v) is 2.03. The van der Waals surface area contributed by atoms with Crippen molar-refractivity contribution in [2.75, 3.05) is 13.2 Å². The zero-order chi connectivity index (χ0) is 10.4. The van der Waals surface area contributed by atoms with Crippen LogP contribution in [0.15, 0.2) is 28.7 Å². The molecule has 0 aromatic heterocycles. The van der Waals surface area contributed by atoms with Gasteiger partial charge in [-0.25, -0.2) is 0 Å². The maximum absolute atomic E-state index is 8.75. The first kappa shape index (κ1) is 11.7. The lowest BCUT2D eigenvalue weighted by Crippen LogP contribution is -2.24. The van der Waals surface area contributed by atoms with Gasteiger partial charge in [-0.1, -0.05) is 41.1 Å². The average Bonchev–Trinajstić information content (AvgIpc) is 2.21. The van der Waals surface area contributed by atoms with Crippen molar-refractivity contribution in [2.24, 2.45) is 0 Å². The summed E-state index contributed by atoms with van der Waals surface area (Å²) in [5.74, 6) is 0. The molecule has 0 aliphatic heterocycles. The lowest BCUT2D eigenvalue weighted by molar-refractivity contribution is 0.283. The Morgan fingerprint density at radius 2 is 2.14 bits per heavy atom. The van der Waals surface area contributed by atoms with E-state index in [1.807, 2.05) is 18.2 Å². The van der Waals surface area contributed by atoms with Crippen LogP contribution >= 0.6 is 15.9 Å². The summed E-state index contributed by atoms with van der Waals surface area (Å²) >= 11 is 3.53. The summed E-state index contributed by atoms with van der Waals surface area (Å²) in [6.45, 7) is 2.95. The van der Waals surface area contributed by atoms with E-state index in [-0.39, 0.29) is 6.61 Å². The van der Waals surface area contributed by atoms with Crippen molar-refractivity contribution in [1.29, 1.82) is 0 Å². The van der Waals surface area contributed by atoms with Gasteiger partial charge in [-0.2, -0.15) is 0 Å². The van der Waals surface area contributed by atoms with Gasteiger partial charge in [0.1, 0.15) is 0 Å². The summed E-state index contributed by atoms with van der Waals surface area (Å²) < 4.78 is 1.12. The van der Waals surface area contributed by atoms with Crippen molar-refractivity contribution in [2.45, 2.75) is 19.4 Å². The normalized spacial score (nSPS) is 12.8. The molecule has 0 saturated carbocycles. The fourth-order valence-electron chi connectivity index (χ4n) is 1.47. The number of benzene rings is 1. The highest BCUT2D eigenvalue weighted by Crippen LogP contribution is 2.24. The van der Waals surface area contributed by atoms with Crippen molar-refractivity contribution in [3.05, 3.63) is 34.3 Å². The number of hydrogen-bond donors (Lipinski definition) is 2. The topological polar surface area (TPSA) is 32.3 Å². The van der Waals surface area contributed by atoms with Crippen LogP contribution in [-0.2, 0) is 0 Å². The number of halogens is 1. The largest absolute Gasteiger partial charge is 0.395 e. The van der Waals surface area contributed by atoms with Crippen LogP contribution in [0, 0.1) is 0 Å². The highest BCUT2D eigenvalue weighted by molar-refractivity contribution is 9.10. The molecule has 0 saturated heterocycles. The summed E-state index contributed by atoms with van der Waals surface area (Å²) in [5, 5.41) is 12.0. The van der Waals surface area contributed by atoms with E-state index in [0.717, 1.165) is 10.9 Å². The van der Waals surface area contributed by atoms with E-state index in [4.69, 9.17) is 5.11 Å². The Labute approximate surface area is 93.5 Å². The van der Waals surface area contributed by atoms with Crippen LogP contribution in [0.3, 0.4) is 0 Å². The maximum Gasteiger partial charge on any atom is 0.0556 e. The minimum atomic E-state index is 0.182. The summed E-state index contributed by atoms with van der Waals surface area (Å²) in [6, 6.07) is 8.49. The van der Waals surface area contributed by atoms with Gasteiger partial charge in [0.05, 0.1) is 6.61 Å². The number of aliphatic hydroxyl groups is 1. The van der Waals surface area contributed by atoms with Gasteiger partial charge >= 0.3 is 0 Å². The number of hydrogen-bond acceptors (Lipinski definition) is 2. The molecule has 2 nitrogen and oxygen atoms in total. The third kappa shape index (κ3) is 3.08. The molecule has 3 heteroatoms. The molecule has 78 valence electrons. The summed E-state index contributed by atoms with van der Waals surface area (Å²) in [6.07, 6.45) is 1.02. The first-order chi connectivity index (χ1) is 6.79. The Morgan fingerprint density at radius 1 is 1.43 bits per heavy atom. The van der Waals surface area contributed by atoms with E-state index in [9.17, 15) is 0 Å². The number of rotatable bonds is 5. The average molecular weight is 258 g/mol. The van der Waals surface area contributed by atoms with Crippen LogP contribution in [0.1, 0.15) is 24.9 Å². The van der Waals surface area contributed by atoms with Gasteiger partial charge in [0, 0.05) is 17.1 Å². The van der Waals surface area contributed by atoms with Gasteiger partial charge in [-0.15, -0.1) is 0 Å². The highest BCUT2D eigenvalue weighted by atomic mass is 79.9. The smallest absolute Gasteiger partial charge is 0.0556 e. The molecule has 0 radical (unpaired) electrons. The first-order valence-corrected chi connectivity index (χ1v) is 5.67. The fraction of sp³-hybridized carbons (Fsp3) is 0.455. The Balaban J connectivity index is 2.73. The molecule has 1 unspecified atom stereocenters. The SMILES string of the molecule is CCC(NCCO)c1ccccc1Br. The highest BCUT2D eigenvalue weighted by Gasteiger charge is 2.10. The van der Waals surface area contributed by atoms with E-state index < -0.39 is 0 Å². The monoisotopic (exact) mass is 257 g/mol. The molecule has 0 heterocycles. The standard InChI is InChI=1S/C11H16BrNO/c1-2-11(13-7-8-14)9-5-3-4-6-10(9)12/h3-6,11,13-14H,2,7-8H2,1H3. The molecule has 1 aromatic rings. The van der Waals surface area contributed by atoms with Gasteiger partial charge in [0.15, 0.2) is 0 Å². The molecular weight excluding hydrogens is 242 g/mol. The number of aliphatic hydroxyl groups excluding tert-OH is 1. The maximum atomic E-state index is 8.75. The molecule has 1 rings (SSSR count). The second-order valence-electron chi connectivity index (χ2n) is 3.16. The van der Waals surface area contributed by atoms with Crippen molar-refractivity contribution < 1.29 is 5.11 Å². The Kier molecular flexibility index (Phi) is 5.15. The predicted molar refractivity (Wildman–Crippen MR) is 62.3 cm³/mol. The molecule has 0 aliphatic carbocycles. The molecule has 0 fully saturated rings. The molecular formula is C11H16BrNO. The molecule has 0 aliphatic rings. The van der Waals surface area contributed by atoms with Crippen LogP contribution < -0.4 is 5.32 Å². The minimum absolute atomic E-state index is 0.182. The summed E-state index contributed by atoms with van der Waals surface area (Å²) in [5.41, 5.74) is 1.25. The second kappa shape index (κ2) is 6.17. The van der Waals surface area contributed by atoms with Gasteiger partial charge in [-0.3, -0.25) is 0 Å². The Morgan fingerprint density at radius 3 is 2.71 bits per heavy atom. The zero-order valence-electron chi connectivity index (χ0n) is 8.33. The quantitative estimate of drug-likeness (QED) is 0.850. The van der Waals surface area contributed by atoms with E-state index >= 15 is 0 Å². The lowest BCUT2D eigenvalue weighted by atomic mass is 10.0. The van der Waals surface area contributed by atoms with E-state index in [1.165, 1.54) is 5.56 Å². The van der Waals surface area contributed by atoms with Crippen molar-refractivity contribution >= 4 is 15.9 Å². The van der Waals surface area contributed by atoms with Crippen LogP contribution in [0.2, 0.25) is 0 Å². The first-order valence-electron chi connectivity index (χ1n) is 4.88. The van der Waals surface area contributed by atoms with Gasteiger partial charge in [0.25, 0.3) is 0 Å². The van der Waals surface area contributed by atoms with E-state index in [0.29, 0.717) is 12.6 Å². The Bertz CT molecular complexity index is 278. The van der Waals surface area contributed by atoms with Crippen molar-refractivity contribution in [1.82, 2.24) is 5.32 Å². The molecule has 1 atom stereocenters.